The largest absolute Gasteiger partial charge is 0.506 e. The number of pyridine rings is 1. The Morgan fingerprint density at radius 1 is 0.649 bits per heavy atom. The lowest BCUT2D eigenvalue weighted by molar-refractivity contribution is -0.0887. The maximum atomic E-state index is 13.6. The third-order valence-corrected chi connectivity index (χ3v) is 6.46. The van der Waals surface area contributed by atoms with E-state index in [0.29, 0.717) is 16.3 Å². The minimum atomic E-state index is -5.36. The maximum absolute atomic E-state index is 13.6. The van der Waals surface area contributed by atoms with Gasteiger partial charge in [0, 0.05) is 22.1 Å². The van der Waals surface area contributed by atoms with E-state index in [-0.39, 0.29) is 16.6 Å². The Labute approximate surface area is 207 Å². The van der Waals surface area contributed by atoms with Crippen LogP contribution in [0.25, 0.3) is 44.1 Å². The van der Waals surface area contributed by atoms with E-state index in [1.54, 1.807) is 54.6 Å². The van der Waals surface area contributed by atoms with Crippen molar-refractivity contribution in [3.05, 3.63) is 113 Å². The summed E-state index contributed by atoms with van der Waals surface area (Å²) in [5.74, 6) is -3.39. The molecule has 0 unspecified atom stereocenters. The van der Waals surface area contributed by atoms with Crippen LogP contribution in [-0.4, -0.2) is 26.2 Å². The predicted octanol–water partition coefficient (Wildman–Crippen LogP) is 6.54. The second-order valence-corrected chi connectivity index (χ2v) is 8.57. The van der Waals surface area contributed by atoms with Gasteiger partial charge in [0.15, 0.2) is 0 Å². The number of hydrogen-bond acceptors (Lipinski definition) is 3. The van der Waals surface area contributed by atoms with Gasteiger partial charge in [-0.15, -0.1) is 0 Å². The van der Waals surface area contributed by atoms with Crippen molar-refractivity contribution in [2.24, 2.45) is 0 Å². The van der Waals surface area contributed by atoms with Gasteiger partial charge in [-0.2, -0.15) is 13.2 Å². The molecule has 0 atom stereocenters. The molecule has 182 valence electrons. The molecule has 0 aliphatic rings. The highest BCUT2D eigenvalue weighted by Gasteiger charge is 2.43. The monoisotopic (exact) mass is 498 g/mol. The summed E-state index contributed by atoms with van der Waals surface area (Å²) in [7, 11) is 0. The van der Waals surface area contributed by atoms with Crippen molar-refractivity contribution in [2.45, 2.75) is 6.18 Å². The Morgan fingerprint density at radius 2 is 1.16 bits per heavy atom. The van der Waals surface area contributed by atoms with Crippen LogP contribution in [0.5, 0.6) is 5.75 Å². The molecule has 0 bridgehead atoms. The number of rotatable bonds is 3. The lowest BCUT2D eigenvalue weighted by atomic mass is 10.0. The molecule has 6 rings (SSSR count). The molecule has 0 aliphatic carbocycles. The van der Waals surface area contributed by atoms with Crippen molar-refractivity contribution >= 4 is 38.5 Å². The molecule has 0 amide bonds. The smallest absolute Gasteiger partial charge is 0.455 e. The Hall–Kier alpha value is -4.85. The summed E-state index contributed by atoms with van der Waals surface area (Å²) < 4.78 is 43.8. The Bertz CT molecular complexity index is 1910. The summed E-state index contributed by atoms with van der Waals surface area (Å²) in [5, 5.41) is 12.3. The highest BCUT2D eigenvalue weighted by molar-refractivity contribution is 6.24. The van der Waals surface area contributed by atoms with Gasteiger partial charge in [0.05, 0.1) is 21.9 Å². The third-order valence-electron chi connectivity index (χ3n) is 6.46. The van der Waals surface area contributed by atoms with E-state index in [1.807, 2.05) is 47.0 Å². The number of hydrogen-bond donors (Lipinski definition) is 1. The molecule has 0 aliphatic heterocycles. The van der Waals surface area contributed by atoms with E-state index in [2.05, 4.69) is 0 Å². The fraction of sp³-hybridized carbons (Fsp3) is 0.0345. The molecule has 0 saturated heterocycles. The van der Waals surface area contributed by atoms with Crippen LogP contribution >= 0.6 is 0 Å². The summed E-state index contributed by atoms with van der Waals surface area (Å²) in [6, 6.07) is 28.0. The summed E-state index contributed by atoms with van der Waals surface area (Å²) in [4.78, 5) is 25.9. The molecule has 0 spiro atoms. The zero-order valence-corrected chi connectivity index (χ0v) is 19.0. The molecule has 2 heterocycles. The van der Waals surface area contributed by atoms with Crippen LogP contribution in [0.1, 0.15) is 10.4 Å². The molecule has 0 radical (unpaired) electrons. The Kier molecular flexibility index (Phi) is 4.94. The third kappa shape index (κ3) is 3.33. The molecule has 5 nitrogen and oxygen atoms in total. The molecule has 0 saturated carbocycles. The van der Waals surface area contributed by atoms with Crippen LogP contribution in [0.4, 0.5) is 13.2 Å². The average Bonchev–Trinajstić information content (AvgIpc) is 3.23. The van der Waals surface area contributed by atoms with Gasteiger partial charge in [-0.25, -0.2) is 0 Å². The number of Topliss-reactive ketones (excluding diaryl/α,β-unsaturated/α-hetero) is 1. The van der Waals surface area contributed by atoms with Crippen LogP contribution in [-0.2, 0) is 0 Å². The van der Waals surface area contributed by atoms with Crippen LogP contribution in [0.2, 0.25) is 0 Å². The lowest BCUT2D eigenvalue weighted by Crippen LogP contribution is -2.33. The second-order valence-electron chi connectivity index (χ2n) is 8.57. The topological polar surface area (TPSA) is 64.2 Å². The summed E-state index contributed by atoms with van der Waals surface area (Å²) in [5.41, 5.74) is 0.0273. The fourth-order valence-corrected chi connectivity index (χ4v) is 4.96. The van der Waals surface area contributed by atoms with E-state index >= 15 is 0 Å². The number of halogens is 3. The first-order chi connectivity index (χ1) is 17.8. The molecular weight excluding hydrogens is 481 g/mol. The first-order valence-corrected chi connectivity index (χ1v) is 11.3. The summed E-state index contributed by atoms with van der Waals surface area (Å²) >= 11 is 0. The van der Waals surface area contributed by atoms with Gasteiger partial charge in [-0.05, 0) is 42.5 Å². The highest BCUT2D eigenvalue weighted by atomic mass is 19.4. The molecule has 4 aromatic carbocycles. The number of aromatic hydroxyl groups is 1. The second kappa shape index (κ2) is 8.09. The SMILES string of the molecule is O=C(c1c(O)c2c3c4ccccc4n(-c4ccccc4)c3ccc2n(-c2ccccc2)c1=O)C(F)(F)F. The summed E-state index contributed by atoms with van der Waals surface area (Å²) in [6.45, 7) is 0. The van der Waals surface area contributed by atoms with Crippen LogP contribution in [0, 0.1) is 0 Å². The number of benzene rings is 4. The number of ketones is 1. The van der Waals surface area contributed by atoms with Gasteiger partial charge < -0.3 is 9.67 Å². The molecule has 8 heteroatoms. The first-order valence-electron chi connectivity index (χ1n) is 11.3. The normalized spacial score (nSPS) is 12.0. The lowest BCUT2D eigenvalue weighted by Gasteiger charge is -2.16. The Morgan fingerprint density at radius 3 is 1.76 bits per heavy atom. The van der Waals surface area contributed by atoms with E-state index < -0.39 is 28.8 Å². The van der Waals surface area contributed by atoms with E-state index in [1.165, 1.54) is 0 Å². The van der Waals surface area contributed by atoms with Crippen molar-refractivity contribution in [2.75, 3.05) is 0 Å². The van der Waals surface area contributed by atoms with Gasteiger partial charge >= 0.3 is 6.18 Å². The van der Waals surface area contributed by atoms with Crippen molar-refractivity contribution in [1.29, 1.82) is 0 Å². The Balaban J connectivity index is 1.89. The van der Waals surface area contributed by atoms with Crippen molar-refractivity contribution < 1.29 is 23.1 Å². The first kappa shape index (κ1) is 22.6. The highest BCUT2D eigenvalue weighted by Crippen LogP contribution is 2.42. The molecule has 2 aromatic heterocycles. The van der Waals surface area contributed by atoms with Gasteiger partial charge in [0.25, 0.3) is 11.3 Å². The van der Waals surface area contributed by atoms with Crippen LogP contribution in [0.15, 0.2) is 102 Å². The van der Waals surface area contributed by atoms with Crippen LogP contribution in [0.3, 0.4) is 0 Å². The van der Waals surface area contributed by atoms with Gasteiger partial charge in [-0.1, -0.05) is 54.6 Å². The zero-order chi connectivity index (χ0) is 25.9. The fourth-order valence-electron chi connectivity index (χ4n) is 4.96. The number of alkyl halides is 3. The molecule has 6 aromatic rings. The quantitative estimate of drug-likeness (QED) is 0.282. The van der Waals surface area contributed by atoms with Crippen molar-refractivity contribution in [1.82, 2.24) is 9.13 Å². The minimum Gasteiger partial charge on any atom is -0.506 e. The number of fused-ring (bicyclic) bond motifs is 5. The number of nitrogens with zero attached hydrogens (tertiary/aromatic N) is 2. The molecule has 1 N–H and O–H groups in total. The number of carbonyl (C=O) groups is 1. The van der Waals surface area contributed by atoms with Gasteiger partial charge in [0.2, 0.25) is 0 Å². The van der Waals surface area contributed by atoms with Gasteiger partial charge in [0.1, 0.15) is 11.3 Å². The van der Waals surface area contributed by atoms with Crippen molar-refractivity contribution in [3.8, 4) is 17.1 Å². The number of aromatic nitrogens is 2. The number of para-hydroxylation sites is 3. The average molecular weight is 498 g/mol. The van der Waals surface area contributed by atoms with Gasteiger partial charge in [-0.3, -0.25) is 14.2 Å². The molecule has 37 heavy (non-hydrogen) atoms. The standard InChI is InChI=1S/C29H17F3N2O3/c30-29(31,32)27(36)25-26(35)24-22(34(28(25)37)18-11-5-2-6-12-18)16-15-21-23(24)19-13-7-8-14-20(19)33(21)17-9-3-1-4-10-17/h1-16,35H. The summed E-state index contributed by atoms with van der Waals surface area (Å²) in [6.07, 6.45) is -5.36. The molecule has 0 fully saturated rings. The minimum absolute atomic E-state index is 0.0144. The maximum Gasteiger partial charge on any atom is 0.455 e. The number of carbonyl (C=O) groups excluding carboxylic acids is 1. The van der Waals surface area contributed by atoms with E-state index in [0.717, 1.165) is 15.8 Å². The zero-order valence-electron chi connectivity index (χ0n) is 19.0. The van der Waals surface area contributed by atoms with E-state index in [9.17, 15) is 27.9 Å². The predicted molar refractivity (Wildman–Crippen MR) is 136 cm³/mol. The molecular formula is C29H17F3N2O3. The van der Waals surface area contributed by atoms with Crippen LogP contribution < -0.4 is 5.56 Å². The van der Waals surface area contributed by atoms with E-state index in [4.69, 9.17) is 0 Å². The van der Waals surface area contributed by atoms with Crippen molar-refractivity contribution in [3.63, 3.8) is 0 Å².